The van der Waals surface area contributed by atoms with E-state index in [1.807, 2.05) is 30.3 Å². The molecule has 0 aromatic heterocycles. The van der Waals surface area contributed by atoms with Gasteiger partial charge in [-0.05, 0) is 59.6 Å². The highest BCUT2D eigenvalue weighted by molar-refractivity contribution is 9.10. The third kappa shape index (κ3) is 5.58. The lowest BCUT2D eigenvalue weighted by atomic mass is 10.0. The highest BCUT2D eigenvalue weighted by atomic mass is 79.9. The van der Waals surface area contributed by atoms with Crippen LogP contribution in [0.4, 0.5) is 0 Å². The van der Waals surface area contributed by atoms with Gasteiger partial charge in [0.25, 0.3) is 5.70 Å². The van der Waals surface area contributed by atoms with Crippen LogP contribution in [0.1, 0.15) is 42.9 Å². The number of rotatable bonds is 9. The number of ether oxygens (including phenoxy) is 2. The quantitative estimate of drug-likeness (QED) is 0.251. The fraction of sp³-hybridized carbons (Fsp3) is 0.333. The molecule has 2 N–H and O–H groups in total. The summed E-state index contributed by atoms with van der Waals surface area (Å²) in [6.45, 7) is 1.30. The molecule has 6 nitrogen and oxygen atoms in total. The Kier molecular flexibility index (Phi) is 7.69. The molecule has 0 radical (unpaired) electrons. The number of hydrogen-bond donors (Lipinski definition) is 1. The molecule has 0 amide bonds. The fourth-order valence-electron chi connectivity index (χ4n) is 3.13. The Hall–Kier alpha value is -1.90. The molecular weight excluding hydrogens is 504 g/mol. The van der Waals surface area contributed by atoms with E-state index < -0.39 is 11.0 Å². The van der Waals surface area contributed by atoms with E-state index in [4.69, 9.17) is 15.2 Å². The number of nitro groups is 1. The Morgan fingerprint density at radius 2 is 1.83 bits per heavy atom. The first-order valence-corrected chi connectivity index (χ1v) is 11.0. The van der Waals surface area contributed by atoms with Gasteiger partial charge in [-0.2, -0.15) is 0 Å². The van der Waals surface area contributed by atoms with Crippen molar-refractivity contribution < 1.29 is 14.4 Å². The molecule has 1 aliphatic heterocycles. The zero-order valence-corrected chi connectivity index (χ0v) is 18.9. The summed E-state index contributed by atoms with van der Waals surface area (Å²) in [7, 11) is 0. The van der Waals surface area contributed by atoms with E-state index in [2.05, 4.69) is 31.9 Å². The SMILES string of the molecule is NCCCCCCOc1cc(Br)c2c(c1)C=C([N+](=O)[O-])C(c1ccc(Br)cc1)O2. The second-order valence-corrected chi connectivity index (χ2v) is 8.52. The molecule has 2 aromatic carbocycles. The minimum atomic E-state index is -0.781. The smallest absolute Gasteiger partial charge is 0.291 e. The molecule has 1 aliphatic rings. The maximum absolute atomic E-state index is 11.7. The molecule has 8 heteroatoms. The first-order valence-electron chi connectivity index (χ1n) is 9.44. The van der Waals surface area contributed by atoms with Crippen molar-refractivity contribution in [1.29, 1.82) is 0 Å². The predicted molar refractivity (Wildman–Crippen MR) is 120 cm³/mol. The van der Waals surface area contributed by atoms with E-state index in [0.29, 0.717) is 40.3 Å². The monoisotopic (exact) mass is 524 g/mol. The summed E-state index contributed by atoms with van der Waals surface area (Å²) in [5.41, 5.74) is 6.83. The molecule has 1 unspecified atom stereocenters. The van der Waals surface area contributed by atoms with Gasteiger partial charge in [-0.25, -0.2) is 0 Å². The van der Waals surface area contributed by atoms with Gasteiger partial charge in [0.15, 0.2) is 0 Å². The van der Waals surface area contributed by atoms with Crippen LogP contribution in [0.3, 0.4) is 0 Å². The van der Waals surface area contributed by atoms with Gasteiger partial charge < -0.3 is 15.2 Å². The average molecular weight is 526 g/mol. The maximum atomic E-state index is 11.7. The normalized spacial score (nSPS) is 15.3. The summed E-state index contributed by atoms with van der Waals surface area (Å²) in [5.74, 6) is 1.22. The Morgan fingerprint density at radius 1 is 1.10 bits per heavy atom. The third-order valence-corrected chi connectivity index (χ3v) is 5.72. The Balaban J connectivity index is 1.79. The van der Waals surface area contributed by atoms with Crippen molar-refractivity contribution in [1.82, 2.24) is 0 Å². The zero-order chi connectivity index (χ0) is 20.8. The lowest BCUT2D eigenvalue weighted by Gasteiger charge is -2.24. The number of nitrogens with two attached hydrogens (primary N) is 1. The topological polar surface area (TPSA) is 87.6 Å². The van der Waals surface area contributed by atoms with Crippen LogP contribution in [0.25, 0.3) is 6.08 Å². The van der Waals surface area contributed by atoms with Crippen molar-refractivity contribution >= 4 is 37.9 Å². The van der Waals surface area contributed by atoms with E-state index in [1.165, 1.54) is 0 Å². The van der Waals surface area contributed by atoms with E-state index in [-0.39, 0.29) is 5.70 Å². The van der Waals surface area contributed by atoms with Gasteiger partial charge in [-0.3, -0.25) is 10.1 Å². The predicted octanol–water partition coefficient (Wildman–Crippen LogP) is 5.86. The summed E-state index contributed by atoms with van der Waals surface area (Å²) in [5, 5.41) is 11.7. The van der Waals surface area contributed by atoms with E-state index >= 15 is 0 Å². The summed E-state index contributed by atoms with van der Waals surface area (Å²) >= 11 is 6.90. The number of benzene rings is 2. The number of fused-ring (bicyclic) bond motifs is 1. The van der Waals surface area contributed by atoms with Crippen LogP contribution in [0, 0.1) is 10.1 Å². The Bertz CT molecular complexity index is 900. The highest BCUT2D eigenvalue weighted by Crippen LogP contribution is 2.43. The van der Waals surface area contributed by atoms with Crippen LogP contribution in [0.15, 0.2) is 51.0 Å². The largest absolute Gasteiger partial charge is 0.494 e. The summed E-state index contributed by atoms with van der Waals surface area (Å²) < 4.78 is 13.5. The molecule has 0 saturated carbocycles. The van der Waals surface area contributed by atoms with Gasteiger partial charge in [0.2, 0.25) is 6.10 Å². The van der Waals surface area contributed by atoms with Gasteiger partial charge in [-0.15, -0.1) is 0 Å². The van der Waals surface area contributed by atoms with E-state index in [0.717, 1.165) is 30.2 Å². The lowest BCUT2D eigenvalue weighted by Crippen LogP contribution is -2.20. The second-order valence-electron chi connectivity index (χ2n) is 6.75. The van der Waals surface area contributed by atoms with Crippen molar-refractivity contribution in [2.75, 3.05) is 13.2 Å². The van der Waals surface area contributed by atoms with E-state index in [1.54, 1.807) is 12.1 Å². The number of unbranched alkanes of at least 4 members (excludes halogenated alkanes) is 3. The Labute approximate surface area is 186 Å². The van der Waals surface area contributed by atoms with Crippen molar-refractivity contribution in [2.45, 2.75) is 31.8 Å². The maximum Gasteiger partial charge on any atom is 0.291 e. The van der Waals surface area contributed by atoms with Crippen LogP contribution in [0.5, 0.6) is 11.5 Å². The molecule has 0 saturated heterocycles. The summed E-state index contributed by atoms with van der Waals surface area (Å²) in [6.07, 6.45) is 4.89. The number of halogens is 2. The molecule has 0 spiro atoms. The molecule has 2 aromatic rings. The zero-order valence-electron chi connectivity index (χ0n) is 15.8. The van der Waals surface area contributed by atoms with Crippen LogP contribution >= 0.6 is 31.9 Å². The third-order valence-electron chi connectivity index (χ3n) is 4.60. The number of nitrogens with zero attached hydrogens (tertiary/aromatic N) is 1. The lowest BCUT2D eigenvalue weighted by molar-refractivity contribution is -0.434. The molecule has 1 atom stereocenters. The van der Waals surface area contributed by atoms with Crippen LogP contribution in [-0.4, -0.2) is 18.1 Å². The second kappa shape index (κ2) is 10.2. The standard InChI is InChI=1S/C21H22Br2N2O4/c22-16-7-5-14(6-8-16)21-19(25(26)27)12-15-11-17(13-18(23)20(15)29-21)28-10-4-2-1-3-9-24/h5-8,11-13,21H,1-4,9-10,24H2. The highest BCUT2D eigenvalue weighted by Gasteiger charge is 2.34. The Morgan fingerprint density at radius 3 is 2.52 bits per heavy atom. The average Bonchev–Trinajstić information content (AvgIpc) is 2.70. The molecule has 1 heterocycles. The van der Waals surface area contributed by atoms with Crippen molar-refractivity contribution in [2.24, 2.45) is 5.73 Å². The van der Waals surface area contributed by atoms with Crippen molar-refractivity contribution in [3.05, 3.63) is 72.3 Å². The fourth-order valence-corrected chi connectivity index (χ4v) is 3.94. The van der Waals surface area contributed by atoms with Crippen LogP contribution < -0.4 is 15.2 Å². The van der Waals surface area contributed by atoms with Crippen LogP contribution in [-0.2, 0) is 0 Å². The molecule has 0 aliphatic carbocycles. The molecule has 0 bridgehead atoms. The van der Waals surface area contributed by atoms with Gasteiger partial charge in [0.1, 0.15) is 11.5 Å². The first-order chi connectivity index (χ1) is 14.0. The van der Waals surface area contributed by atoms with Crippen molar-refractivity contribution in [3.63, 3.8) is 0 Å². The molecule has 0 fully saturated rings. The van der Waals surface area contributed by atoms with Gasteiger partial charge >= 0.3 is 0 Å². The van der Waals surface area contributed by atoms with Crippen LogP contribution in [0.2, 0.25) is 0 Å². The minimum absolute atomic E-state index is 0.00865. The van der Waals surface area contributed by atoms with Gasteiger partial charge in [0, 0.05) is 21.7 Å². The molecule has 154 valence electrons. The molecule has 3 rings (SSSR count). The number of hydrogen-bond acceptors (Lipinski definition) is 5. The molecule has 29 heavy (non-hydrogen) atoms. The van der Waals surface area contributed by atoms with Crippen molar-refractivity contribution in [3.8, 4) is 11.5 Å². The first kappa shape index (κ1) is 21.8. The van der Waals surface area contributed by atoms with Gasteiger partial charge in [0.05, 0.1) is 16.0 Å². The molecular formula is C21H22Br2N2O4. The summed E-state index contributed by atoms with van der Waals surface area (Å²) in [4.78, 5) is 11.3. The minimum Gasteiger partial charge on any atom is -0.494 e. The summed E-state index contributed by atoms with van der Waals surface area (Å²) in [6, 6.07) is 10.9. The van der Waals surface area contributed by atoms with Gasteiger partial charge in [-0.1, -0.05) is 40.9 Å². The van der Waals surface area contributed by atoms with E-state index in [9.17, 15) is 10.1 Å².